The first-order chi connectivity index (χ1) is 14.0. The molecule has 0 spiro atoms. The number of carbonyl (C=O) groups excluding carboxylic acids is 2. The Labute approximate surface area is 171 Å². The second-order valence-corrected chi connectivity index (χ2v) is 7.92. The maximum absolute atomic E-state index is 12.8. The fourth-order valence-electron chi connectivity index (χ4n) is 3.45. The molecule has 0 atom stereocenters. The number of esters is 1. The Balaban J connectivity index is 1.69. The number of ether oxygens (including phenoxy) is 1. The number of fused-ring (bicyclic) bond motifs is 1. The molecule has 0 bridgehead atoms. The molecule has 2 heterocycles. The summed E-state index contributed by atoms with van der Waals surface area (Å²) in [5.74, 6) is -1.14. The van der Waals surface area contributed by atoms with Gasteiger partial charge in [0, 0.05) is 17.1 Å². The van der Waals surface area contributed by atoms with Crippen LogP contribution < -0.4 is 10.7 Å². The number of hydrogen-bond donors (Lipinski definition) is 1. The zero-order chi connectivity index (χ0) is 20.5. The molecule has 3 aromatic rings. The van der Waals surface area contributed by atoms with E-state index in [-0.39, 0.29) is 5.69 Å². The number of benzene rings is 1. The molecular formula is C21H19N3O4S. The van der Waals surface area contributed by atoms with Gasteiger partial charge >= 0.3 is 5.97 Å². The van der Waals surface area contributed by atoms with Crippen molar-refractivity contribution in [2.45, 2.75) is 26.2 Å². The smallest absolute Gasteiger partial charge is 0.341 e. The fourth-order valence-corrected chi connectivity index (χ4v) is 4.72. The predicted molar refractivity (Wildman–Crippen MR) is 110 cm³/mol. The summed E-state index contributed by atoms with van der Waals surface area (Å²) in [7, 11) is 1.31. The Morgan fingerprint density at radius 2 is 2.07 bits per heavy atom. The number of amides is 1. The third-order valence-corrected chi connectivity index (χ3v) is 6.03. The van der Waals surface area contributed by atoms with Gasteiger partial charge in [0.15, 0.2) is 5.69 Å². The number of methoxy groups -OCH3 is 1. The Bertz CT molecular complexity index is 1180. The number of aromatic nitrogens is 2. The number of anilines is 1. The minimum atomic E-state index is -0.651. The van der Waals surface area contributed by atoms with E-state index >= 15 is 0 Å². The van der Waals surface area contributed by atoms with Crippen LogP contribution in [0, 0.1) is 6.92 Å². The van der Waals surface area contributed by atoms with Crippen LogP contribution in [0.15, 0.2) is 41.3 Å². The summed E-state index contributed by atoms with van der Waals surface area (Å²) in [6.07, 6.45) is 4.13. The minimum absolute atomic E-state index is 0.238. The van der Waals surface area contributed by atoms with Crippen molar-refractivity contribution in [2.75, 3.05) is 12.4 Å². The maximum Gasteiger partial charge on any atom is 0.341 e. The van der Waals surface area contributed by atoms with Crippen LogP contribution in [-0.4, -0.2) is 28.8 Å². The van der Waals surface area contributed by atoms with Gasteiger partial charge in [0.05, 0.1) is 18.4 Å². The number of thiophene rings is 1. The van der Waals surface area contributed by atoms with E-state index in [1.54, 1.807) is 0 Å². The molecule has 148 valence electrons. The molecule has 0 radical (unpaired) electrons. The van der Waals surface area contributed by atoms with E-state index in [0.717, 1.165) is 41.0 Å². The molecule has 7 nitrogen and oxygen atoms in total. The molecule has 29 heavy (non-hydrogen) atoms. The van der Waals surface area contributed by atoms with Gasteiger partial charge in [-0.25, -0.2) is 9.48 Å². The number of nitrogens with zero attached hydrogens (tertiary/aromatic N) is 2. The molecule has 4 rings (SSSR count). The third kappa shape index (κ3) is 3.58. The summed E-state index contributed by atoms with van der Waals surface area (Å²) in [6, 6.07) is 8.87. The van der Waals surface area contributed by atoms with Crippen molar-refractivity contribution < 1.29 is 14.3 Å². The summed E-state index contributed by atoms with van der Waals surface area (Å²) < 4.78 is 6.38. The highest BCUT2D eigenvalue weighted by molar-refractivity contribution is 7.17. The van der Waals surface area contributed by atoms with Crippen molar-refractivity contribution in [1.29, 1.82) is 0 Å². The second kappa shape index (κ2) is 7.63. The van der Waals surface area contributed by atoms with Gasteiger partial charge in [0.2, 0.25) is 5.43 Å². The average Bonchev–Trinajstić information content (AvgIpc) is 3.28. The van der Waals surface area contributed by atoms with Crippen LogP contribution in [0.1, 0.15) is 43.3 Å². The predicted octanol–water partition coefficient (Wildman–Crippen LogP) is 3.13. The van der Waals surface area contributed by atoms with Gasteiger partial charge < -0.3 is 10.1 Å². The van der Waals surface area contributed by atoms with E-state index in [9.17, 15) is 14.4 Å². The Kier molecular flexibility index (Phi) is 5.02. The highest BCUT2D eigenvalue weighted by Gasteiger charge is 2.28. The summed E-state index contributed by atoms with van der Waals surface area (Å²) in [5, 5.41) is 7.33. The molecule has 1 N–H and O–H groups in total. The first-order valence-corrected chi connectivity index (χ1v) is 10.0. The van der Waals surface area contributed by atoms with E-state index in [1.807, 2.05) is 31.2 Å². The fraction of sp³-hybridized carbons (Fsp3) is 0.238. The SMILES string of the molecule is COC(=O)c1c(NC(=O)c2nn(-c3cccc(C)c3)ccc2=O)sc2c1CCC2. The number of rotatable bonds is 4. The van der Waals surface area contributed by atoms with Gasteiger partial charge in [-0.3, -0.25) is 9.59 Å². The van der Waals surface area contributed by atoms with Crippen LogP contribution in [-0.2, 0) is 17.6 Å². The molecule has 0 fully saturated rings. The van der Waals surface area contributed by atoms with Gasteiger partial charge in [-0.2, -0.15) is 5.10 Å². The molecule has 0 saturated heterocycles. The van der Waals surface area contributed by atoms with Crippen LogP contribution in [0.5, 0.6) is 0 Å². The van der Waals surface area contributed by atoms with Gasteiger partial charge in [0.25, 0.3) is 5.91 Å². The van der Waals surface area contributed by atoms with Gasteiger partial charge in [-0.05, 0) is 49.4 Å². The summed E-state index contributed by atoms with van der Waals surface area (Å²) in [4.78, 5) is 38.5. The zero-order valence-corrected chi connectivity index (χ0v) is 16.8. The lowest BCUT2D eigenvalue weighted by atomic mass is 10.1. The van der Waals surface area contributed by atoms with E-state index in [2.05, 4.69) is 10.4 Å². The minimum Gasteiger partial charge on any atom is -0.465 e. The first kappa shape index (κ1) is 19.1. The van der Waals surface area contributed by atoms with Crippen molar-refractivity contribution in [3.8, 4) is 5.69 Å². The van der Waals surface area contributed by atoms with E-state index in [1.165, 1.54) is 35.4 Å². The number of hydrogen-bond acceptors (Lipinski definition) is 6. The Morgan fingerprint density at radius 3 is 2.83 bits per heavy atom. The molecule has 0 aliphatic heterocycles. The number of nitrogens with one attached hydrogen (secondary N) is 1. The van der Waals surface area contributed by atoms with Crippen LogP contribution in [0.4, 0.5) is 5.00 Å². The third-order valence-electron chi connectivity index (χ3n) is 4.83. The molecule has 0 unspecified atom stereocenters. The highest BCUT2D eigenvalue weighted by atomic mass is 32.1. The van der Waals surface area contributed by atoms with Gasteiger partial charge in [-0.15, -0.1) is 11.3 Å². The average molecular weight is 409 g/mol. The van der Waals surface area contributed by atoms with Crippen LogP contribution in [0.3, 0.4) is 0 Å². The van der Waals surface area contributed by atoms with E-state index in [4.69, 9.17) is 4.74 Å². The number of carbonyl (C=O) groups is 2. The quantitative estimate of drug-likeness (QED) is 0.669. The maximum atomic E-state index is 12.8. The topological polar surface area (TPSA) is 90.3 Å². The summed E-state index contributed by atoms with van der Waals surface area (Å²) in [5.41, 5.74) is 2.35. The molecule has 8 heteroatoms. The first-order valence-electron chi connectivity index (χ1n) is 9.19. The Hall–Kier alpha value is -3.26. The monoisotopic (exact) mass is 409 g/mol. The molecule has 0 saturated carbocycles. The van der Waals surface area contributed by atoms with Crippen molar-refractivity contribution in [3.05, 3.63) is 74.0 Å². The van der Waals surface area contributed by atoms with Crippen molar-refractivity contribution >= 4 is 28.2 Å². The second-order valence-electron chi connectivity index (χ2n) is 6.82. The molecule has 1 aromatic carbocycles. The molecule has 1 aliphatic carbocycles. The summed E-state index contributed by atoms with van der Waals surface area (Å²) in [6.45, 7) is 1.95. The normalized spacial score (nSPS) is 12.5. The molecule has 1 amide bonds. The molecule has 1 aliphatic rings. The number of aryl methyl sites for hydroxylation is 2. The van der Waals surface area contributed by atoms with Crippen LogP contribution >= 0.6 is 11.3 Å². The molecular weight excluding hydrogens is 390 g/mol. The van der Waals surface area contributed by atoms with Gasteiger partial charge in [-0.1, -0.05) is 12.1 Å². The highest BCUT2D eigenvalue weighted by Crippen LogP contribution is 2.39. The lowest BCUT2D eigenvalue weighted by Crippen LogP contribution is -2.26. The van der Waals surface area contributed by atoms with E-state index in [0.29, 0.717) is 10.6 Å². The zero-order valence-electron chi connectivity index (χ0n) is 16.0. The van der Waals surface area contributed by atoms with Crippen molar-refractivity contribution in [2.24, 2.45) is 0 Å². The Morgan fingerprint density at radius 1 is 1.24 bits per heavy atom. The largest absolute Gasteiger partial charge is 0.465 e. The lowest BCUT2D eigenvalue weighted by molar-refractivity contribution is 0.0601. The standard InChI is InChI=1S/C21H19N3O4S/c1-12-5-3-6-13(11-12)24-10-9-15(25)18(23-24)19(26)22-20-17(21(27)28-2)14-7-4-8-16(14)29-20/h3,5-6,9-11H,4,7-8H2,1-2H3,(H,22,26). The van der Waals surface area contributed by atoms with E-state index < -0.39 is 17.3 Å². The van der Waals surface area contributed by atoms with Gasteiger partial charge in [0.1, 0.15) is 5.00 Å². The molecule has 2 aromatic heterocycles. The van der Waals surface area contributed by atoms with Crippen molar-refractivity contribution in [3.63, 3.8) is 0 Å². The van der Waals surface area contributed by atoms with Crippen LogP contribution in [0.2, 0.25) is 0 Å². The summed E-state index contributed by atoms with van der Waals surface area (Å²) >= 11 is 1.35. The lowest BCUT2D eigenvalue weighted by Gasteiger charge is -2.09. The van der Waals surface area contributed by atoms with Crippen LogP contribution in [0.25, 0.3) is 5.69 Å². The van der Waals surface area contributed by atoms with Crippen molar-refractivity contribution in [1.82, 2.24) is 9.78 Å².